The maximum atomic E-state index is 5.04. The van der Waals surface area contributed by atoms with Gasteiger partial charge in [-0.3, -0.25) is 37.5 Å². The molecular formula is C124H72N16. The molecule has 0 radical (unpaired) electrons. The Kier molecular flexibility index (Phi) is 14.9. The number of hydrogen-bond donors (Lipinski definition) is 0. The Labute approximate surface area is 796 Å². The summed E-state index contributed by atoms with van der Waals surface area (Å²) < 4.78 is 8.77. The first-order valence-electron chi connectivity index (χ1n) is 48.2. The molecule has 0 fully saturated rings. The van der Waals surface area contributed by atoms with Gasteiger partial charge >= 0.3 is 0 Å². The number of fused-ring (bicyclic) bond motifs is 59. The highest BCUT2D eigenvalue weighted by molar-refractivity contribution is 6.20. The SMILES string of the molecule is c1ccc2c(c1)Cc1c-2ccc2c1-c1cc3c(cc1C2)c1cccnc1n1c2ccncc2nc31.c1ccc2c(c1)Cc1c-2ccc2c1Cc1cc3c4cccnc4n4c5ccncc5nc4c3cc1-2.c1ccc2c(c1)Cc1cc3c(cc1-2)-c1cc2c(cc1C3)c1cccnc1n1c3ccncc3nc21.c1ccc2c(c1)Cc1ccc3c(c1-2)-c1cc2c(cc1C3)c1cccnc1n1c3ccncc3nc21. The largest absolute Gasteiger partial charge is 0.276 e. The normalized spacial score (nSPS) is 13.5. The molecule has 0 amide bonds. The van der Waals surface area contributed by atoms with E-state index < -0.39 is 0 Å². The third-order valence-corrected chi connectivity index (χ3v) is 31.8. The number of pyridine rings is 12. The van der Waals surface area contributed by atoms with Crippen molar-refractivity contribution in [2.75, 3.05) is 0 Å². The van der Waals surface area contributed by atoms with Gasteiger partial charge in [0, 0.05) is 92.7 Å². The Hall–Kier alpha value is -18.3. The van der Waals surface area contributed by atoms with Gasteiger partial charge in [-0.25, -0.2) is 39.9 Å². The third-order valence-electron chi connectivity index (χ3n) is 31.8. The molecule has 140 heavy (non-hydrogen) atoms. The zero-order valence-corrected chi connectivity index (χ0v) is 75.1. The van der Waals surface area contributed by atoms with Crippen LogP contribution in [0.5, 0.6) is 0 Å². The van der Waals surface area contributed by atoms with E-state index in [-0.39, 0.29) is 0 Å². The van der Waals surface area contributed by atoms with Crippen LogP contribution in [-0.2, 0) is 51.4 Å². The predicted octanol–water partition coefficient (Wildman–Crippen LogP) is 26.9. The molecule has 12 aromatic carbocycles. The summed E-state index contributed by atoms with van der Waals surface area (Å²) in [5.41, 5.74) is 60.2. The maximum Gasteiger partial charge on any atom is 0.147 e. The van der Waals surface area contributed by atoms with Gasteiger partial charge in [-0.1, -0.05) is 140 Å². The number of aromatic nitrogens is 16. The van der Waals surface area contributed by atoms with E-state index in [1.807, 2.05) is 123 Å². The molecule has 0 atom stereocenters. The van der Waals surface area contributed by atoms with Crippen LogP contribution in [0.4, 0.5) is 0 Å². The first kappa shape index (κ1) is 75.1. The van der Waals surface area contributed by atoms with Crippen molar-refractivity contribution in [1.29, 1.82) is 0 Å². The van der Waals surface area contributed by atoms with E-state index in [4.69, 9.17) is 39.9 Å². The monoisotopic (exact) mass is 1780 g/mol. The van der Waals surface area contributed by atoms with E-state index >= 15 is 0 Å². The molecule has 16 heterocycles. The highest BCUT2D eigenvalue weighted by atomic mass is 15.1. The lowest BCUT2D eigenvalue weighted by Gasteiger charge is -2.13. The number of nitrogens with zero attached hydrogens (tertiary/aromatic N) is 16. The zero-order chi connectivity index (χ0) is 90.7. The zero-order valence-electron chi connectivity index (χ0n) is 75.1. The summed E-state index contributed by atoms with van der Waals surface area (Å²) in [5, 5.41) is 14.1. The van der Waals surface area contributed by atoms with Crippen LogP contribution in [0.2, 0.25) is 0 Å². The van der Waals surface area contributed by atoms with E-state index in [0.29, 0.717) is 0 Å². The van der Waals surface area contributed by atoms with E-state index in [1.54, 1.807) is 0 Å². The topological polar surface area (TPSA) is 172 Å². The van der Waals surface area contributed by atoms with Crippen LogP contribution in [0.3, 0.4) is 0 Å². The molecule has 0 aliphatic heterocycles. The van der Waals surface area contributed by atoms with Gasteiger partial charge in [0.1, 0.15) is 67.2 Å². The molecule has 648 valence electrons. The van der Waals surface area contributed by atoms with Gasteiger partial charge in [0.05, 0.1) is 46.9 Å². The molecule has 0 spiro atoms. The Balaban J connectivity index is 0.0000000829. The molecule has 8 aliphatic carbocycles. The maximum absolute atomic E-state index is 5.04. The summed E-state index contributed by atoms with van der Waals surface area (Å²) in [5.74, 6) is 0. The van der Waals surface area contributed by atoms with Crippen LogP contribution in [0.1, 0.15) is 89.0 Å². The van der Waals surface area contributed by atoms with Crippen molar-refractivity contribution in [3.05, 3.63) is 430 Å². The molecule has 16 heteroatoms. The molecule has 28 aromatic rings. The Morgan fingerprint density at radius 1 is 0.164 bits per heavy atom. The second-order valence-electron chi connectivity index (χ2n) is 38.8. The summed E-state index contributed by atoms with van der Waals surface area (Å²) in [6, 6.07) is 98.2. The van der Waals surface area contributed by atoms with Crippen molar-refractivity contribution >= 4 is 154 Å². The number of imidazole rings is 4. The molecule has 36 rings (SSSR count). The summed E-state index contributed by atoms with van der Waals surface area (Å²) in [6.45, 7) is 0. The fourth-order valence-electron chi connectivity index (χ4n) is 25.8. The minimum atomic E-state index is 0.891. The van der Waals surface area contributed by atoms with Crippen molar-refractivity contribution in [2.24, 2.45) is 0 Å². The quantitative estimate of drug-likeness (QED) is 0.132. The van der Waals surface area contributed by atoms with Crippen molar-refractivity contribution in [3.63, 3.8) is 0 Å². The van der Waals surface area contributed by atoms with Gasteiger partial charge in [0.15, 0.2) is 0 Å². The summed E-state index contributed by atoms with van der Waals surface area (Å²) in [6.07, 6.45) is 30.1. The van der Waals surface area contributed by atoms with Gasteiger partial charge in [0.2, 0.25) is 0 Å². The average molecular weight is 1790 g/mol. The van der Waals surface area contributed by atoms with E-state index in [9.17, 15) is 0 Å². The van der Waals surface area contributed by atoms with Gasteiger partial charge in [-0.05, 0) is 378 Å². The predicted molar refractivity (Wildman–Crippen MR) is 559 cm³/mol. The minimum absolute atomic E-state index is 0.891. The standard InChI is InChI=1S/4C31H18N4/c1-2-5-20-17(4-1)13-25-21(20)8-7-18-12-19-14-24-22-6-3-10-33-30(22)35-28-9-11-32-16-27(28)34-31(35)26(24)15-23(19)29(18)25;1-2-5-19-17(4-1)12-24-20(19)7-8-21-23-15-27-26(14-18(23)13-25(21)24)22-6-3-10-33-30(22)35-29-9-11-32-16-28(29)34-31(27)35;1-2-5-21-17(4-1)12-18-7-8-19-13-20-14-24-22-6-3-10-33-30(22)35-27-9-11-32-16-26(27)34-31(35)25(24)15-23(20)29(19)28(18)21;1-2-5-21-17(4-1)10-18-11-19-12-20-13-26-22-6-3-8-33-30(22)35-29-7-9-32-16-28(29)34-31(35)27(26)15-25(20)24(19)14-23(18)21/h3*1-11,14-16H,12-13H2;1-9,11,13-16H,10,12H2. The molecule has 16 aromatic heterocycles. The van der Waals surface area contributed by atoms with Gasteiger partial charge in [0.25, 0.3) is 0 Å². The third kappa shape index (κ3) is 10.3. The molecule has 0 unspecified atom stereocenters. The molecule has 8 aliphatic rings. The second kappa shape index (κ2) is 27.7. The van der Waals surface area contributed by atoms with E-state index in [0.717, 1.165) is 178 Å². The van der Waals surface area contributed by atoms with Gasteiger partial charge in [-0.2, -0.15) is 0 Å². The summed E-state index contributed by atoms with van der Waals surface area (Å²) in [4.78, 5) is 56.5. The van der Waals surface area contributed by atoms with Crippen LogP contribution in [0, 0.1) is 0 Å². The highest BCUT2D eigenvalue weighted by Gasteiger charge is 2.36. The summed E-state index contributed by atoms with van der Waals surface area (Å²) in [7, 11) is 0. The van der Waals surface area contributed by atoms with Gasteiger partial charge in [-0.15, -0.1) is 0 Å². The molecule has 0 saturated carbocycles. The Morgan fingerprint density at radius 2 is 0.450 bits per heavy atom. The summed E-state index contributed by atoms with van der Waals surface area (Å²) >= 11 is 0. The van der Waals surface area contributed by atoms with Crippen LogP contribution in [-0.4, -0.2) is 77.4 Å². The number of benzene rings is 12. The van der Waals surface area contributed by atoms with Crippen molar-refractivity contribution in [3.8, 4) is 89.0 Å². The van der Waals surface area contributed by atoms with Gasteiger partial charge < -0.3 is 0 Å². The second-order valence-corrected chi connectivity index (χ2v) is 38.8. The smallest absolute Gasteiger partial charge is 0.147 e. The van der Waals surface area contributed by atoms with Crippen LogP contribution in [0.15, 0.2) is 341 Å². The lowest BCUT2D eigenvalue weighted by molar-refractivity contribution is 1.16. The number of rotatable bonds is 0. The molecule has 0 saturated heterocycles. The first-order valence-corrected chi connectivity index (χ1v) is 48.2. The van der Waals surface area contributed by atoms with Crippen LogP contribution in [0.25, 0.3) is 243 Å². The molecule has 16 nitrogen and oxygen atoms in total. The molecule has 0 bridgehead atoms. The van der Waals surface area contributed by atoms with E-state index in [2.05, 4.69) is 256 Å². The molecular weight excluding hydrogens is 1710 g/mol. The average Bonchev–Trinajstić information content (AvgIpc) is 1.55. The van der Waals surface area contributed by atoms with E-state index in [1.165, 1.54) is 205 Å². The minimum Gasteiger partial charge on any atom is -0.276 e. The Morgan fingerprint density at radius 3 is 0.907 bits per heavy atom. The molecule has 0 N–H and O–H groups in total. The lowest BCUT2D eigenvalue weighted by atomic mass is 9.92. The van der Waals surface area contributed by atoms with Crippen molar-refractivity contribution < 1.29 is 0 Å². The van der Waals surface area contributed by atoms with Crippen LogP contribution < -0.4 is 0 Å². The Bertz CT molecular complexity index is 10700. The van der Waals surface area contributed by atoms with Crippen molar-refractivity contribution in [1.82, 2.24) is 77.4 Å². The van der Waals surface area contributed by atoms with Crippen molar-refractivity contribution in [2.45, 2.75) is 51.4 Å². The lowest BCUT2D eigenvalue weighted by Crippen LogP contribution is -1.95. The number of hydrogen-bond acceptors (Lipinski definition) is 12. The fourth-order valence-corrected chi connectivity index (χ4v) is 25.8. The highest BCUT2D eigenvalue weighted by Crippen LogP contribution is 2.56. The van der Waals surface area contributed by atoms with Crippen LogP contribution >= 0.6 is 0 Å². The fraction of sp³-hybridized carbons (Fsp3) is 0.0645. The first-order chi connectivity index (χ1) is 69.4.